The molecular formula is C20H29ClN4O. The van der Waals surface area contributed by atoms with E-state index >= 15 is 0 Å². The minimum Gasteiger partial charge on any atom is -0.340 e. The summed E-state index contributed by atoms with van der Waals surface area (Å²) in [6, 6.07) is 10.3. The summed E-state index contributed by atoms with van der Waals surface area (Å²) in [6.07, 6.45) is 6.91. The molecule has 1 amide bonds. The van der Waals surface area contributed by atoms with Crippen LogP contribution in [0.1, 0.15) is 36.9 Å². The van der Waals surface area contributed by atoms with Crippen LogP contribution in [-0.4, -0.2) is 40.7 Å². The van der Waals surface area contributed by atoms with Gasteiger partial charge in [0.05, 0.1) is 6.20 Å². The van der Waals surface area contributed by atoms with Gasteiger partial charge >= 0.3 is 0 Å². The van der Waals surface area contributed by atoms with E-state index in [2.05, 4.69) is 47.7 Å². The molecule has 0 bridgehead atoms. The maximum absolute atomic E-state index is 13.0. The standard InChI is InChI=1S/C20H28N4O.ClH/c1-20(10-9-16-7-5-4-6-8-16)11-12-24(15-20)19(25)18(21-2)17-13-22-23(3)14-17;/h4-8,13-14,18,21H,9-12,15H2,1-3H3;1H. The number of amides is 1. The number of carbonyl (C=O) groups is 1. The number of nitrogens with one attached hydrogen (secondary N) is 1. The summed E-state index contributed by atoms with van der Waals surface area (Å²) in [7, 11) is 3.71. The number of likely N-dealkylation sites (N-methyl/N-ethyl adjacent to an activating group) is 1. The smallest absolute Gasteiger partial charge is 0.244 e. The molecule has 3 rings (SSSR count). The lowest BCUT2D eigenvalue weighted by atomic mass is 9.83. The number of carbonyl (C=O) groups excluding carboxylic acids is 1. The highest BCUT2D eigenvalue weighted by Gasteiger charge is 2.38. The molecule has 142 valence electrons. The van der Waals surface area contributed by atoms with E-state index in [1.165, 1.54) is 5.56 Å². The van der Waals surface area contributed by atoms with Crippen molar-refractivity contribution in [3.63, 3.8) is 0 Å². The molecular weight excluding hydrogens is 348 g/mol. The molecule has 26 heavy (non-hydrogen) atoms. The molecule has 1 aliphatic heterocycles. The highest BCUT2D eigenvalue weighted by molar-refractivity contribution is 5.85. The van der Waals surface area contributed by atoms with Crippen molar-refractivity contribution >= 4 is 18.3 Å². The van der Waals surface area contributed by atoms with Crippen molar-refractivity contribution in [2.24, 2.45) is 12.5 Å². The summed E-state index contributed by atoms with van der Waals surface area (Å²) in [5, 5.41) is 7.34. The molecule has 0 spiro atoms. The number of nitrogens with zero attached hydrogens (tertiary/aromatic N) is 3. The largest absolute Gasteiger partial charge is 0.340 e. The lowest BCUT2D eigenvalue weighted by Gasteiger charge is -2.27. The number of hydrogen-bond acceptors (Lipinski definition) is 3. The van der Waals surface area contributed by atoms with Gasteiger partial charge in [0.15, 0.2) is 0 Å². The van der Waals surface area contributed by atoms with E-state index in [1.807, 2.05) is 25.2 Å². The third-order valence-corrected chi connectivity index (χ3v) is 5.32. The Morgan fingerprint density at radius 1 is 1.35 bits per heavy atom. The van der Waals surface area contributed by atoms with E-state index in [9.17, 15) is 4.79 Å². The summed E-state index contributed by atoms with van der Waals surface area (Å²) in [6.45, 7) is 3.97. The van der Waals surface area contributed by atoms with Gasteiger partial charge < -0.3 is 10.2 Å². The lowest BCUT2D eigenvalue weighted by Crippen LogP contribution is -2.39. The predicted molar refractivity (Wildman–Crippen MR) is 106 cm³/mol. The van der Waals surface area contributed by atoms with Gasteiger partial charge in [0, 0.05) is 31.9 Å². The third kappa shape index (κ3) is 4.65. The Labute approximate surface area is 162 Å². The molecule has 1 aliphatic rings. The van der Waals surface area contributed by atoms with Crippen molar-refractivity contribution in [2.45, 2.75) is 32.2 Å². The van der Waals surface area contributed by atoms with Crippen molar-refractivity contribution in [2.75, 3.05) is 20.1 Å². The Balaban J connectivity index is 0.00000243. The zero-order chi connectivity index (χ0) is 17.9. The predicted octanol–water partition coefficient (Wildman–Crippen LogP) is 2.97. The summed E-state index contributed by atoms with van der Waals surface area (Å²) >= 11 is 0. The van der Waals surface area contributed by atoms with Crippen molar-refractivity contribution < 1.29 is 4.79 Å². The second-order valence-electron chi connectivity index (χ2n) is 7.48. The van der Waals surface area contributed by atoms with E-state index in [-0.39, 0.29) is 29.8 Å². The van der Waals surface area contributed by atoms with Gasteiger partial charge in [0.25, 0.3) is 0 Å². The average Bonchev–Trinajstić information content (AvgIpc) is 3.21. The molecule has 0 radical (unpaired) electrons. The fourth-order valence-electron chi connectivity index (χ4n) is 3.71. The summed E-state index contributed by atoms with van der Waals surface area (Å²) in [5.74, 6) is 0.152. The number of benzene rings is 1. The van der Waals surface area contributed by atoms with Crippen LogP contribution in [0.4, 0.5) is 0 Å². The molecule has 2 aromatic rings. The number of aryl methyl sites for hydroxylation is 2. The molecule has 1 saturated heterocycles. The molecule has 2 heterocycles. The number of rotatable bonds is 6. The maximum Gasteiger partial charge on any atom is 0.244 e. The average molecular weight is 377 g/mol. The van der Waals surface area contributed by atoms with E-state index in [1.54, 1.807) is 10.9 Å². The molecule has 6 heteroatoms. The van der Waals surface area contributed by atoms with Gasteiger partial charge in [-0.25, -0.2) is 0 Å². The summed E-state index contributed by atoms with van der Waals surface area (Å²) in [5.41, 5.74) is 2.49. The molecule has 0 saturated carbocycles. The fourth-order valence-corrected chi connectivity index (χ4v) is 3.71. The van der Waals surface area contributed by atoms with Crippen LogP contribution in [0.3, 0.4) is 0 Å². The summed E-state index contributed by atoms with van der Waals surface area (Å²) in [4.78, 5) is 15.0. The van der Waals surface area contributed by atoms with Crippen LogP contribution in [0.5, 0.6) is 0 Å². The van der Waals surface area contributed by atoms with Gasteiger partial charge in [0.1, 0.15) is 6.04 Å². The van der Waals surface area contributed by atoms with Crippen LogP contribution in [0, 0.1) is 5.41 Å². The number of aromatic nitrogens is 2. The lowest BCUT2D eigenvalue weighted by molar-refractivity contribution is -0.132. The molecule has 1 aromatic carbocycles. The first kappa shape index (κ1) is 20.5. The van der Waals surface area contributed by atoms with Crippen molar-refractivity contribution in [1.29, 1.82) is 0 Å². The minimum absolute atomic E-state index is 0. The molecule has 2 unspecified atom stereocenters. The molecule has 0 aliphatic carbocycles. The van der Waals surface area contributed by atoms with Crippen LogP contribution in [0.2, 0.25) is 0 Å². The van der Waals surface area contributed by atoms with Crippen LogP contribution in [0.15, 0.2) is 42.7 Å². The Kier molecular flexibility index (Phi) is 6.84. The van der Waals surface area contributed by atoms with Crippen molar-refractivity contribution in [3.05, 3.63) is 53.9 Å². The van der Waals surface area contributed by atoms with E-state index in [0.717, 1.165) is 37.9 Å². The topological polar surface area (TPSA) is 50.2 Å². The van der Waals surface area contributed by atoms with Crippen LogP contribution >= 0.6 is 12.4 Å². The SMILES string of the molecule is CNC(C(=O)N1CCC(C)(CCc2ccccc2)C1)c1cnn(C)c1.Cl. The molecule has 1 fully saturated rings. The van der Waals surface area contributed by atoms with Crippen LogP contribution < -0.4 is 5.32 Å². The van der Waals surface area contributed by atoms with Gasteiger partial charge in [-0.2, -0.15) is 5.10 Å². The van der Waals surface area contributed by atoms with E-state index in [0.29, 0.717) is 0 Å². The van der Waals surface area contributed by atoms with Gasteiger partial charge in [-0.1, -0.05) is 37.3 Å². The summed E-state index contributed by atoms with van der Waals surface area (Å²) < 4.78 is 1.74. The fraction of sp³-hybridized carbons (Fsp3) is 0.500. The normalized spacial score (nSPS) is 20.7. The monoisotopic (exact) mass is 376 g/mol. The number of halogens is 1. The quantitative estimate of drug-likeness (QED) is 0.843. The van der Waals surface area contributed by atoms with Gasteiger partial charge in [-0.15, -0.1) is 12.4 Å². The molecule has 1 aromatic heterocycles. The van der Waals surface area contributed by atoms with Crippen molar-refractivity contribution in [1.82, 2.24) is 20.0 Å². The zero-order valence-electron chi connectivity index (χ0n) is 15.8. The van der Waals surface area contributed by atoms with Gasteiger partial charge in [-0.3, -0.25) is 9.48 Å². The van der Waals surface area contributed by atoms with Gasteiger partial charge in [-0.05, 0) is 37.3 Å². The zero-order valence-corrected chi connectivity index (χ0v) is 16.6. The van der Waals surface area contributed by atoms with Gasteiger partial charge in [0.2, 0.25) is 5.91 Å². The highest BCUT2D eigenvalue weighted by Crippen LogP contribution is 2.35. The molecule has 2 atom stereocenters. The Morgan fingerprint density at radius 3 is 2.69 bits per heavy atom. The Morgan fingerprint density at radius 2 is 2.08 bits per heavy atom. The first-order valence-corrected chi connectivity index (χ1v) is 8.99. The first-order valence-electron chi connectivity index (χ1n) is 8.99. The Hall–Kier alpha value is -1.85. The molecule has 5 nitrogen and oxygen atoms in total. The van der Waals surface area contributed by atoms with Crippen LogP contribution in [0.25, 0.3) is 0 Å². The van der Waals surface area contributed by atoms with Crippen molar-refractivity contribution in [3.8, 4) is 0 Å². The first-order chi connectivity index (χ1) is 12.0. The van der Waals surface area contributed by atoms with Crippen LogP contribution in [-0.2, 0) is 18.3 Å². The highest BCUT2D eigenvalue weighted by atomic mass is 35.5. The van der Waals surface area contributed by atoms with E-state index in [4.69, 9.17) is 0 Å². The Bertz CT molecular complexity index is 718. The maximum atomic E-state index is 13.0. The number of likely N-dealkylation sites (tertiary alicyclic amines) is 1. The number of hydrogen-bond donors (Lipinski definition) is 1. The third-order valence-electron chi connectivity index (χ3n) is 5.32. The second kappa shape index (κ2) is 8.69. The molecule has 1 N–H and O–H groups in total. The second-order valence-corrected chi connectivity index (χ2v) is 7.48. The van der Waals surface area contributed by atoms with E-state index < -0.39 is 0 Å². The minimum atomic E-state index is -0.315.